The van der Waals surface area contributed by atoms with Crippen molar-refractivity contribution in [3.63, 3.8) is 0 Å². The van der Waals surface area contributed by atoms with Crippen LogP contribution in [-0.4, -0.2) is 71.1 Å². The van der Waals surface area contributed by atoms with Crippen molar-refractivity contribution in [2.24, 2.45) is 13.0 Å². The Morgan fingerprint density at radius 2 is 1.85 bits per heavy atom. The number of fused-ring (bicyclic) bond motifs is 2. The van der Waals surface area contributed by atoms with Crippen molar-refractivity contribution in [1.82, 2.24) is 39.1 Å². The van der Waals surface area contributed by atoms with E-state index >= 15 is 0 Å². The molecule has 3 fully saturated rings. The second-order valence-electron chi connectivity index (χ2n) is 14.2. The van der Waals surface area contributed by atoms with Crippen molar-refractivity contribution in [3.05, 3.63) is 81.3 Å². The number of anilines is 1. The molecule has 17 heteroatoms. The van der Waals surface area contributed by atoms with Crippen LogP contribution in [0.1, 0.15) is 78.3 Å². The minimum atomic E-state index is -4.66. The topological polar surface area (TPSA) is 149 Å². The van der Waals surface area contributed by atoms with E-state index in [9.17, 15) is 32.3 Å². The molecule has 0 radical (unpaired) electrons. The molecule has 53 heavy (non-hydrogen) atoms. The summed E-state index contributed by atoms with van der Waals surface area (Å²) in [5.74, 6) is -0.782. The number of carbonyl (C=O) groups is 3. The average Bonchev–Trinajstić information content (AvgIpc) is 3.63. The number of rotatable bonds is 7. The van der Waals surface area contributed by atoms with Gasteiger partial charge in [0, 0.05) is 36.6 Å². The molecule has 8 rings (SSSR count). The molecular formula is C36H35ClF3N9O4. The highest BCUT2D eigenvalue weighted by molar-refractivity contribution is 6.32. The van der Waals surface area contributed by atoms with Crippen molar-refractivity contribution < 1.29 is 27.6 Å². The molecule has 1 aliphatic carbocycles. The van der Waals surface area contributed by atoms with Crippen LogP contribution in [0.5, 0.6) is 0 Å². The Kier molecular flexibility index (Phi) is 8.84. The minimum absolute atomic E-state index is 0.140. The van der Waals surface area contributed by atoms with Gasteiger partial charge < -0.3 is 10.2 Å². The van der Waals surface area contributed by atoms with Crippen molar-refractivity contribution in [2.45, 2.75) is 62.7 Å². The monoisotopic (exact) mass is 749 g/mol. The SMILES string of the molecule is Cn1c(=O)n(C2CCC(=O)NC2=O)c2ccc(Cl)c(C3CCN(CC4CC(n5cc6cc(NC(=O)c7cccc(C(F)(F)F)n7)ncc6n5)C4)CC3)c21. The molecule has 13 nitrogen and oxygen atoms in total. The molecule has 1 atom stereocenters. The number of aryl methyl sites for hydroxylation is 1. The third kappa shape index (κ3) is 6.58. The van der Waals surface area contributed by atoms with E-state index < -0.39 is 29.7 Å². The molecule has 2 aliphatic heterocycles. The second-order valence-corrected chi connectivity index (χ2v) is 14.6. The highest BCUT2D eigenvalue weighted by Gasteiger charge is 2.36. The summed E-state index contributed by atoms with van der Waals surface area (Å²) in [4.78, 5) is 60.6. The Labute approximate surface area is 305 Å². The number of alkyl halides is 3. The maximum Gasteiger partial charge on any atom is 0.433 e. The van der Waals surface area contributed by atoms with E-state index in [-0.39, 0.29) is 47.9 Å². The molecule has 0 bridgehead atoms. The molecule has 3 amide bonds. The molecule has 276 valence electrons. The molecule has 6 heterocycles. The van der Waals surface area contributed by atoms with E-state index in [0.717, 1.165) is 73.9 Å². The van der Waals surface area contributed by atoms with Crippen LogP contribution in [0.25, 0.3) is 21.9 Å². The van der Waals surface area contributed by atoms with Gasteiger partial charge in [0.25, 0.3) is 5.91 Å². The van der Waals surface area contributed by atoms with Crippen LogP contribution < -0.4 is 16.3 Å². The molecule has 2 N–H and O–H groups in total. The molecule has 1 aromatic carbocycles. The van der Waals surface area contributed by atoms with Crippen molar-refractivity contribution >= 4 is 57.1 Å². The summed E-state index contributed by atoms with van der Waals surface area (Å²) in [6, 6.07) is 7.83. The zero-order valence-corrected chi connectivity index (χ0v) is 29.3. The van der Waals surface area contributed by atoms with E-state index in [1.807, 2.05) is 10.9 Å². The van der Waals surface area contributed by atoms with Gasteiger partial charge in [-0.25, -0.2) is 14.8 Å². The quantitative estimate of drug-likeness (QED) is 0.216. The predicted octanol–water partition coefficient (Wildman–Crippen LogP) is 5.21. The van der Waals surface area contributed by atoms with Gasteiger partial charge in [0.05, 0.1) is 23.3 Å². The van der Waals surface area contributed by atoms with Gasteiger partial charge in [-0.05, 0) is 92.9 Å². The number of hydrogen-bond acceptors (Lipinski definition) is 8. The molecule has 3 aliphatic rings. The molecule has 5 aromatic rings. The first-order valence-corrected chi connectivity index (χ1v) is 17.9. The zero-order valence-electron chi connectivity index (χ0n) is 28.6. The summed E-state index contributed by atoms with van der Waals surface area (Å²) in [6.45, 7) is 2.71. The number of pyridine rings is 2. The fourth-order valence-electron chi connectivity index (χ4n) is 8.03. The van der Waals surface area contributed by atoms with E-state index in [2.05, 4.69) is 30.6 Å². The van der Waals surface area contributed by atoms with Crippen molar-refractivity contribution in [1.29, 1.82) is 0 Å². The third-order valence-electron chi connectivity index (χ3n) is 10.8. The first kappa shape index (κ1) is 35.0. The number of imidazole rings is 1. The van der Waals surface area contributed by atoms with Crippen molar-refractivity contribution in [3.8, 4) is 0 Å². The summed E-state index contributed by atoms with van der Waals surface area (Å²) in [5, 5.41) is 10.9. The van der Waals surface area contributed by atoms with Crippen LogP contribution in [-0.2, 0) is 22.8 Å². The number of imide groups is 1. The first-order valence-electron chi connectivity index (χ1n) is 17.5. The number of halogens is 4. The number of piperidine rings is 2. The van der Waals surface area contributed by atoms with Gasteiger partial charge in [-0.1, -0.05) is 17.7 Å². The van der Waals surface area contributed by atoms with Gasteiger partial charge in [-0.3, -0.25) is 33.5 Å². The Bertz CT molecular complexity index is 2340. The van der Waals surface area contributed by atoms with Gasteiger partial charge in [0.15, 0.2) is 0 Å². The number of likely N-dealkylation sites (tertiary alicyclic amines) is 1. The molecule has 2 saturated heterocycles. The summed E-state index contributed by atoms with van der Waals surface area (Å²) in [6.07, 6.45) is 2.84. The number of benzene rings is 1. The van der Waals surface area contributed by atoms with Gasteiger partial charge in [-0.15, -0.1) is 0 Å². The Morgan fingerprint density at radius 1 is 1.08 bits per heavy atom. The zero-order chi connectivity index (χ0) is 37.2. The standard InChI is InChI=1S/C36H35ClF3N9O4/c1-46-32-26(49(35(46)53)27-7-8-30(50)44-34(27)52)6-5-23(37)31(32)20-9-11-47(12-10-20)17-19-13-22(14-19)48-18-21-15-29(41-16-25(21)45-48)43-33(51)24-3-2-4-28(42-24)36(38,39)40/h2-6,15-16,18-20,22,27H,7-14,17H2,1H3,(H,43,51)(H,44,50,52). The van der Waals surface area contributed by atoms with E-state index in [1.54, 1.807) is 29.8 Å². The van der Waals surface area contributed by atoms with E-state index in [4.69, 9.17) is 11.6 Å². The third-order valence-corrected chi connectivity index (χ3v) is 11.1. The lowest BCUT2D eigenvalue weighted by Gasteiger charge is -2.41. The lowest BCUT2D eigenvalue weighted by Crippen LogP contribution is -2.44. The van der Waals surface area contributed by atoms with Crippen molar-refractivity contribution in [2.75, 3.05) is 25.0 Å². The summed E-state index contributed by atoms with van der Waals surface area (Å²) < 4.78 is 44.1. The minimum Gasteiger partial charge on any atom is -0.305 e. The molecule has 0 spiro atoms. The molecule has 1 saturated carbocycles. The van der Waals surface area contributed by atoms with Gasteiger partial charge in [0.1, 0.15) is 28.8 Å². The number of carbonyl (C=O) groups excluding carboxylic acids is 3. The molecular weight excluding hydrogens is 715 g/mol. The highest BCUT2D eigenvalue weighted by atomic mass is 35.5. The summed E-state index contributed by atoms with van der Waals surface area (Å²) in [7, 11) is 1.70. The smallest absolute Gasteiger partial charge is 0.305 e. The van der Waals surface area contributed by atoms with Crippen LogP contribution in [0.2, 0.25) is 5.02 Å². The van der Waals surface area contributed by atoms with Gasteiger partial charge >= 0.3 is 11.9 Å². The first-order chi connectivity index (χ1) is 25.3. The molecule has 1 unspecified atom stereocenters. The van der Waals surface area contributed by atoms with Gasteiger partial charge in [0.2, 0.25) is 11.8 Å². The number of aromatic nitrogens is 6. The van der Waals surface area contributed by atoms with Crippen LogP contribution in [0.4, 0.5) is 19.0 Å². The second kappa shape index (κ2) is 13.4. The lowest BCUT2D eigenvalue weighted by molar-refractivity contribution is -0.141. The number of nitrogens with zero attached hydrogens (tertiary/aromatic N) is 7. The predicted molar refractivity (Wildman–Crippen MR) is 189 cm³/mol. The van der Waals surface area contributed by atoms with Gasteiger partial charge in [-0.2, -0.15) is 18.3 Å². The van der Waals surface area contributed by atoms with Crippen LogP contribution in [0.15, 0.2) is 53.6 Å². The molecule has 4 aromatic heterocycles. The van der Waals surface area contributed by atoms with E-state index in [1.165, 1.54) is 16.8 Å². The Balaban J connectivity index is 0.878. The number of amides is 3. The largest absolute Gasteiger partial charge is 0.433 e. The lowest BCUT2D eigenvalue weighted by atomic mass is 9.79. The fraction of sp³-hybridized carbons (Fsp3) is 0.417. The average molecular weight is 750 g/mol. The normalized spacial score (nSPS) is 21.6. The maximum absolute atomic E-state index is 13.4. The maximum atomic E-state index is 13.4. The summed E-state index contributed by atoms with van der Waals surface area (Å²) in [5.41, 5.74) is 1.12. The number of nitrogens with one attached hydrogen (secondary N) is 2. The Morgan fingerprint density at radius 3 is 2.58 bits per heavy atom. The summed E-state index contributed by atoms with van der Waals surface area (Å²) >= 11 is 6.81. The Hall–Kier alpha value is -5.09. The highest BCUT2D eigenvalue weighted by Crippen LogP contribution is 2.42. The van der Waals surface area contributed by atoms with Crippen LogP contribution in [0, 0.1) is 5.92 Å². The van der Waals surface area contributed by atoms with Crippen LogP contribution in [0.3, 0.4) is 0 Å². The van der Waals surface area contributed by atoms with E-state index in [0.29, 0.717) is 22.0 Å². The van der Waals surface area contributed by atoms with Crippen LogP contribution >= 0.6 is 11.6 Å². The number of hydrogen-bond donors (Lipinski definition) is 2. The fourth-order valence-corrected chi connectivity index (χ4v) is 8.34.